The molecular weight excluding hydrogens is 202 g/mol. The Labute approximate surface area is 92.9 Å². The average molecular weight is 213 g/mol. The van der Waals surface area contributed by atoms with Gasteiger partial charge < -0.3 is 10.3 Å². The van der Waals surface area contributed by atoms with E-state index in [9.17, 15) is 4.79 Å². The summed E-state index contributed by atoms with van der Waals surface area (Å²) in [5.74, 6) is -0.438. The van der Waals surface area contributed by atoms with Crippen LogP contribution in [0.25, 0.3) is 10.9 Å². The van der Waals surface area contributed by atoms with E-state index >= 15 is 0 Å². The number of carbonyl (C=O) groups is 1. The van der Waals surface area contributed by atoms with Gasteiger partial charge in [0.2, 0.25) is 0 Å². The molecular formula is C12H11N3O. The zero-order chi connectivity index (χ0) is 11.5. The molecule has 2 rings (SSSR count). The smallest absolute Gasteiger partial charge is 0.250 e. The largest absolute Gasteiger partial charge is 0.366 e. The molecule has 0 saturated carbocycles. The number of nitriles is 1. The molecule has 1 aromatic carbocycles. The van der Waals surface area contributed by atoms with Crippen LogP contribution in [-0.2, 0) is 6.54 Å². The van der Waals surface area contributed by atoms with Gasteiger partial charge in [-0.2, -0.15) is 5.26 Å². The Hall–Kier alpha value is -2.28. The van der Waals surface area contributed by atoms with E-state index in [2.05, 4.69) is 6.07 Å². The maximum atomic E-state index is 11.2. The summed E-state index contributed by atoms with van der Waals surface area (Å²) in [7, 11) is 0. The monoisotopic (exact) mass is 213 g/mol. The van der Waals surface area contributed by atoms with Crippen LogP contribution in [0.2, 0.25) is 0 Å². The number of para-hydroxylation sites is 1. The average Bonchev–Trinajstić information content (AvgIpc) is 2.65. The van der Waals surface area contributed by atoms with Gasteiger partial charge in [-0.15, -0.1) is 0 Å². The molecule has 2 aromatic rings. The van der Waals surface area contributed by atoms with Crippen LogP contribution in [0.4, 0.5) is 0 Å². The third-order valence-electron chi connectivity index (χ3n) is 2.52. The van der Waals surface area contributed by atoms with E-state index in [4.69, 9.17) is 11.0 Å². The van der Waals surface area contributed by atoms with Crippen molar-refractivity contribution in [3.05, 3.63) is 36.0 Å². The van der Waals surface area contributed by atoms with Gasteiger partial charge in [0, 0.05) is 23.6 Å². The number of aromatic nitrogens is 1. The zero-order valence-electron chi connectivity index (χ0n) is 8.68. The minimum atomic E-state index is -0.438. The number of benzene rings is 1. The number of nitrogens with two attached hydrogens (primary N) is 1. The molecule has 16 heavy (non-hydrogen) atoms. The molecule has 4 heteroatoms. The highest BCUT2D eigenvalue weighted by Crippen LogP contribution is 2.21. The SMILES string of the molecule is N#CCCn1cc(C(N)=O)c2ccccc21. The van der Waals surface area contributed by atoms with Gasteiger partial charge in [-0.3, -0.25) is 4.79 Å². The summed E-state index contributed by atoms with van der Waals surface area (Å²) < 4.78 is 1.89. The normalized spacial score (nSPS) is 10.2. The molecule has 0 unspecified atom stereocenters. The standard InChI is InChI=1S/C12H11N3O/c13-6-3-7-15-8-10(12(14)16)9-4-1-2-5-11(9)15/h1-2,4-5,8H,3,7H2,(H2,14,16). The van der Waals surface area contributed by atoms with Crippen LogP contribution in [0.3, 0.4) is 0 Å². The van der Waals surface area contributed by atoms with E-state index in [1.807, 2.05) is 28.8 Å². The van der Waals surface area contributed by atoms with Crippen molar-refractivity contribution in [2.45, 2.75) is 13.0 Å². The molecule has 0 saturated heterocycles. The third kappa shape index (κ3) is 1.63. The van der Waals surface area contributed by atoms with Gasteiger partial charge in [-0.25, -0.2) is 0 Å². The number of nitrogens with zero attached hydrogens (tertiary/aromatic N) is 2. The molecule has 0 aliphatic heterocycles. The lowest BCUT2D eigenvalue weighted by Crippen LogP contribution is -2.10. The first-order valence-corrected chi connectivity index (χ1v) is 4.98. The Morgan fingerprint density at radius 3 is 2.88 bits per heavy atom. The van der Waals surface area contributed by atoms with Crippen molar-refractivity contribution in [2.24, 2.45) is 5.73 Å². The highest BCUT2D eigenvalue weighted by Gasteiger charge is 2.11. The molecule has 80 valence electrons. The Bertz CT molecular complexity index is 577. The fourth-order valence-corrected chi connectivity index (χ4v) is 1.80. The Kier molecular flexibility index (Phi) is 2.61. The molecule has 4 nitrogen and oxygen atoms in total. The molecule has 2 N–H and O–H groups in total. The fraction of sp³-hybridized carbons (Fsp3) is 0.167. The molecule has 0 aliphatic carbocycles. The molecule has 1 heterocycles. The summed E-state index contributed by atoms with van der Waals surface area (Å²) in [5, 5.41) is 9.40. The number of amides is 1. The fourth-order valence-electron chi connectivity index (χ4n) is 1.80. The minimum Gasteiger partial charge on any atom is -0.366 e. The molecule has 1 amide bonds. The molecule has 0 atom stereocenters. The first-order valence-electron chi connectivity index (χ1n) is 4.98. The van der Waals surface area contributed by atoms with Gasteiger partial charge in [0.15, 0.2) is 0 Å². The second-order valence-electron chi connectivity index (χ2n) is 3.53. The van der Waals surface area contributed by atoms with Crippen LogP contribution in [0.1, 0.15) is 16.8 Å². The quantitative estimate of drug-likeness (QED) is 0.842. The number of fused-ring (bicyclic) bond motifs is 1. The molecule has 0 radical (unpaired) electrons. The summed E-state index contributed by atoms with van der Waals surface area (Å²) >= 11 is 0. The number of hydrogen-bond acceptors (Lipinski definition) is 2. The van der Waals surface area contributed by atoms with Crippen LogP contribution < -0.4 is 5.73 Å². The summed E-state index contributed by atoms with van der Waals surface area (Å²) in [5.41, 5.74) is 6.75. The van der Waals surface area contributed by atoms with E-state index in [0.717, 1.165) is 10.9 Å². The van der Waals surface area contributed by atoms with Crippen molar-refractivity contribution in [1.29, 1.82) is 5.26 Å². The summed E-state index contributed by atoms with van der Waals surface area (Å²) in [6.45, 7) is 0.574. The van der Waals surface area contributed by atoms with Crippen LogP contribution in [0, 0.1) is 11.3 Å². The maximum absolute atomic E-state index is 11.2. The van der Waals surface area contributed by atoms with Gasteiger partial charge in [0.25, 0.3) is 5.91 Å². The Morgan fingerprint density at radius 2 is 2.19 bits per heavy atom. The lowest BCUT2D eigenvalue weighted by Gasteiger charge is -2.00. The van der Waals surface area contributed by atoms with E-state index in [-0.39, 0.29) is 0 Å². The second-order valence-corrected chi connectivity index (χ2v) is 3.53. The van der Waals surface area contributed by atoms with Crippen molar-refractivity contribution in [1.82, 2.24) is 4.57 Å². The number of hydrogen-bond donors (Lipinski definition) is 1. The van der Waals surface area contributed by atoms with E-state index in [1.54, 1.807) is 6.20 Å². The first-order chi connectivity index (χ1) is 7.74. The third-order valence-corrected chi connectivity index (χ3v) is 2.52. The lowest BCUT2D eigenvalue weighted by molar-refractivity contribution is 0.100. The lowest BCUT2D eigenvalue weighted by atomic mass is 10.2. The van der Waals surface area contributed by atoms with Crippen LogP contribution in [0.5, 0.6) is 0 Å². The van der Waals surface area contributed by atoms with Gasteiger partial charge in [0.1, 0.15) is 0 Å². The molecule has 0 aliphatic rings. The van der Waals surface area contributed by atoms with Crippen LogP contribution >= 0.6 is 0 Å². The van der Waals surface area contributed by atoms with Crippen molar-refractivity contribution in [3.8, 4) is 6.07 Å². The van der Waals surface area contributed by atoms with E-state index < -0.39 is 5.91 Å². The van der Waals surface area contributed by atoms with Gasteiger partial charge in [0.05, 0.1) is 18.1 Å². The van der Waals surface area contributed by atoms with E-state index in [1.165, 1.54) is 0 Å². The summed E-state index contributed by atoms with van der Waals surface area (Å²) in [6, 6.07) is 9.62. The maximum Gasteiger partial charge on any atom is 0.250 e. The van der Waals surface area contributed by atoms with Gasteiger partial charge >= 0.3 is 0 Å². The predicted octanol–water partition coefficient (Wildman–Crippen LogP) is 1.65. The highest BCUT2D eigenvalue weighted by atomic mass is 16.1. The van der Waals surface area contributed by atoms with Crippen molar-refractivity contribution >= 4 is 16.8 Å². The second kappa shape index (κ2) is 4.07. The number of aryl methyl sites for hydroxylation is 1. The number of carbonyl (C=O) groups excluding carboxylic acids is 1. The van der Waals surface area contributed by atoms with Gasteiger partial charge in [-0.1, -0.05) is 18.2 Å². The van der Waals surface area contributed by atoms with Crippen molar-refractivity contribution < 1.29 is 4.79 Å². The molecule has 1 aromatic heterocycles. The molecule has 0 bridgehead atoms. The summed E-state index contributed by atoms with van der Waals surface area (Å²) in [6.07, 6.45) is 2.13. The van der Waals surface area contributed by atoms with Crippen LogP contribution in [-0.4, -0.2) is 10.5 Å². The Morgan fingerprint density at radius 1 is 1.44 bits per heavy atom. The van der Waals surface area contributed by atoms with Crippen LogP contribution in [0.15, 0.2) is 30.5 Å². The van der Waals surface area contributed by atoms with Crippen molar-refractivity contribution in [2.75, 3.05) is 0 Å². The Balaban J connectivity index is 2.58. The predicted molar refractivity (Wildman–Crippen MR) is 60.7 cm³/mol. The molecule has 0 spiro atoms. The highest BCUT2D eigenvalue weighted by molar-refractivity contribution is 6.06. The van der Waals surface area contributed by atoms with Gasteiger partial charge in [-0.05, 0) is 6.07 Å². The summed E-state index contributed by atoms with van der Waals surface area (Å²) in [4.78, 5) is 11.2. The van der Waals surface area contributed by atoms with Crippen molar-refractivity contribution in [3.63, 3.8) is 0 Å². The first kappa shape index (κ1) is 10.2. The minimum absolute atomic E-state index is 0.414. The van der Waals surface area contributed by atoms with E-state index in [0.29, 0.717) is 18.5 Å². The number of primary amides is 1. The number of rotatable bonds is 3. The molecule has 0 fully saturated rings. The topological polar surface area (TPSA) is 71.8 Å². The zero-order valence-corrected chi connectivity index (χ0v) is 8.68.